The van der Waals surface area contributed by atoms with Crippen LogP contribution in [0.5, 0.6) is 0 Å². The molecule has 4 aromatic rings. The summed E-state index contributed by atoms with van der Waals surface area (Å²) in [5.74, 6) is -2.45. The van der Waals surface area contributed by atoms with Crippen molar-refractivity contribution in [2.24, 2.45) is 5.73 Å². The molecule has 0 fully saturated rings. The van der Waals surface area contributed by atoms with Crippen LogP contribution < -0.4 is 10.6 Å². The third-order valence-corrected chi connectivity index (χ3v) is 6.82. The summed E-state index contributed by atoms with van der Waals surface area (Å²) in [5.41, 5.74) is 9.57. The molecule has 0 amide bonds. The van der Waals surface area contributed by atoms with Crippen LogP contribution >= 0.6 is 0 Å². The van der Waals surface area contributed by atoms with E-state index in [-0.39, 0.29) is 22.7 Å². The smallest absolute Gasteiger partial charge is 0.355 e. The maximum absolute atomic E-state index is 13.3. The van der Waals surface area contributed by atoms with Gasteiger partial charge in [0.1, 0.15) is 11.5 Å². The van der Waals surface area contributed by atoms with Crippen LogP contribution in [-0.2, 0) is 19.1 Å². The van der Waals surface area contributed by atoms with E-state index >= 15 is 0 Å². The molecule has 5 rings (SSSR count). The molecule has 0 aromatic heterocycles. The number of nitrogens with two attached hydrogens (primary N) is 1. The average Bonchev–Trinajstić information content (AvgIpc) is 2.99. The van der Waals surface area contributed by atoms with Crippen LogP contribution in [0.1, 0.15) is 11.5 Å². The van der Waals surface area contributed by atoms with E-state index in [1.54, 1.807) is 30.3 Å². The number of rotatable bonds is 5. The Labute approximate surface area is 226 Å². The summed E-state index contributed by atoms with van der Waals surface area (Å²) in [6.45, 7) is 0. The first-order valence-electron chi connectivity index (χ1n) is 12.2. The minimum Gasteiger partial charge on any atom is -0.466 e. The Hall–Kier alpha value is -5.35. The molecule has 4 aromatic carbocycles. The van der Waals surface area contributed by atoms with Gasteiger partial charge in [0.2, 0.25) is 0 Å². The fourth-order valence-corrected chi connectivity index (χ4v) is 5.07. The van der Waals surface area contributed by atoms with Crippen molar-refractivity contribution in [1.29, 1.82) is 5.26 Å². The number of hydrogen-bond donors (Lipinski definition) is 1. The van der Waals surface area contributed by atoms with E-state index in [2.05, 4.69) is 6.07 Å². The molecule has 0 aliphatic carbocycles. The summed E-state index contributed by atoms with van der Waals surface area (Å²) >= 11 is 0. The maximum atomic E-state index is 13.3. The normalized spacial score (nSPS) is 15.2. The van der Waals surface area contributed by atoms with Gasteiger partial charge in [0.25, 0.3) is 0 Å². The van der Waals surface area contributed by atoms with Gasteiger partial charge in [-0.25, -0.2) is 9.59 Å². The summed E-state index contributed by atoms with van der Waals surface area (Å²) in [4.78, 5) is 28.0. The van der Waals surface area contributed by atoms with Crippen molar-refractivity contribution in [1.82, 2.24) is 0 Å². The molecule has 7 heteroatoms. The molecule has 0 radical (unpaired) electrons. The first-order chi connectivity index (χ1) is 19.0. The number of anilines is 1. The van der Waals surface area contributed by atoms with Gasteiger partial charge in [-0.1, -0.05) is 84.9 Å². The Morgan fingerprint density at radius 2 is 1.51 bits per heavy atom. The average molecular weight is 516 g/mol. The molecule has 0 saturated carbocycles. The zero-order valence-corrected chi connectivity index (χ0v) is 21.4. The number of ether oxygens (including phenoxy) is 2. The molecule has 1 aliphatic rings. The maximum Gasteiger partial charge on any atom is 0.355 e. The van der Waals surface area contributed by atoms with Gasteiger partial charge in [-0.3, -0.25) is 4.90 Å². The lowest BCUT2D eigenvalue weighted by Crippen LogP contribution is -2.40. The van der Waals surface area contributed by atoms with E-state index in [1.165, 1.54) is 19.1 Å². The van der Waals surface area contributed by atoms with Crippen molar-refractivity contribution in [3.05, 3.63) is 125 Å². The van der Waals surface area contributed by atoms with Crippen molar-refractivity contribution in [3.8, 4) is 17.2 Å². The van der Waals surface area contributed by atoms with Crippen molar-refractivity contribution < 1.29 is 19.1 Å². The van der Waals surface area contributed by atoms with Crippen molar-refractivity contribution in [3.63, 3.8) is 0 Å². The molecular formula is C32H25N3O4. The third-order valence-electron chi connectivity index (χ3n) is 6.82. The standard InChI is InChI=1S/C32H25N3O4/c1-38-31(36)28-27(21-11-4-3-5-12-21)26(19-33)30(34)35(29(28)32(37)39-2)23-15-8-14-22(18-23)25-17-9-13-20-10-6-7-16-24(20)25/h3-18,27H,34H2,1-2H3. The fourth-order valence-electron chi connectivity index (χ4n) is 5.07. The van der Waals surface area contributed by atoms with Gasteiger partial charge in [0.15, 0.2) is 0 Å². The molecule has 0 bridgehead atoms. The van der Waals surface area contributed by atoms with E-state index in [4.69, 9.17) is 15.2 Å². The van der Waals surface area contributed by atoms with Crippen LogP contribution in [0.15, 0.2) is 120 Å². The number of esters is 2. The molecule has 1 heterocycles. The number of fused-ring (bicyclic) bond motifs is 1. The Bertz CT molecular complexity index is 1690. The number of nitrogens with zero attached hydrogens (tertiary/aromatic N) is 2. The minimum atomic E-state index is -0.921. The van der Waals surface area contributed by atoms with E-state index in [1.807, 2.05) is 66.7 Å². The fraction of sp³-hybridized carbons (Fsp3) is 0.0938. The van der Waals surface area contributed by atoms with Gasteiger partial charge in [0.05, 0.1) is 37.4 Å². The molecule has 39 heavy (non-hydrogen) atoms. The number of methoxy groups -OCH3 is 2. The first kappa shape index (κ1) is 25.3. The molecule has 0 spiro atoms. The topological polar surface area (TPSA) is 106 Å². The van der Waals surface area contributed by atoms with Crippen LogP contribution in [0.3, 0.4) is 0 Å². The van der Waals surface area contributed by atoms with Crippen LogP contribution in [0.4, 0.5) is 5.69 Å². The van der Waals surface area contributed by atoms with Crippen molar-refractivity contribution >= 4 is 28.4 Å². The molecule has 1 atom stereocenters. The lowest BCUT2D eigenvalue weighted by Gasteiger charge is -2.36. The Kier molecular flexibility index (Phi) is 6.85. The summed E-state index contributed by atoms with van der Waals surface area (Å²) in [6.07, 6.45) is 0. The molecule has 7 nitrogen and oxygen atoms in total. The number of hydrogen-bond acceptors (Lipinski definition) is 7. The number of carbonyl (C=O) groups excluding carboxylic acids is 2. The SMILES string of the molecule is COC(=O)C1=C(C(=O)OC)N(c2cccc(-c3cccc4ccccc34)c2)C(N)=C(C#N)C1c1ccccc1. The van der Waals surface area contributed by atoms with Gasteiger partial charge in [0, 0.05) is 5.69 Å². The van der Waals surface area contributed by atoms with Crippen LogP contribution in [0.25, 0.3) is 21.9 Å². The van der Waals surface area contributed by atoms with Crippen LogP contribution in [0, 0.1) is 11.3 Å². The molecule has 192 valence electrons. The highest BCUT2D eigenvalue weighted by Crippen LogP contribution is 2.44. The Morgan fingerprint density at radius 3 is 2.23 bits per heavy atom. The monoisotopic (exact) mass is 515 g/mol. The van der Waals surface area contributed by atoms with Gasteiger partial charge in [-0.2, -0.15) is 5.26 Å². The first-order valence-corrected chi connectivity index (χ1v) is 12.2. The number of allylic oxidation sites excluding steroid dienone is 1. The Morgan fingerprint density at radius 1 is 0.846 bits per heavy atom. The molecule has 1 unspecified atom stereocenters. The minimum absolute atomic E-state index is 0.0227. The number of carbonyl (C=O) groups is 2. The highest BCUT2D eigenvalue weighted by molar-refractivity contribution is 6.06. The zero-order chi connectivity index (χ0) is 27.5. The summed E-state index contributed by atoms with van der Waals surface area (Å²) in [5, 5.41) is 12.4. The molecule has 1 aliphatic heterocycles. The van der Waals surface area contributed by atoms with Gasteiger partial charge in [-0.15, -0.1) is 0 Å². The highest BCUT2D eigenvalue weighted by Gasteiger charge is 2.43. The highest BCUT2D eigenvalue weighted by atomic mass is 16.5. The zero-order valence-electron chi connectivity index (χ0n) is 21.4. The predicted octanol–water partition coefficient (Wildman–Crippen LogP) is 5.40. The quantitative estimate of drug-likeness (QED) is 0.355. The van der Waals surface area contributed by atoms with E-state index in [0.29, 0.717) is 11.3 Å². The Balaban J connectivity index is 1.78. The van der Waals surface area contributed by atoms with E-state index < -0.39 is 17.9 Å². The molecule has 0 saturated heterocycles. The lowest BCUT2D eigenvalue weighted by atomic mass is 9.81. The van der Waals surface area contributed by atoms with Crippen molar-refractivity contribution in [2.75, 3.05) is 19.1 Å². The largest absolute Gasteiger partial charge is 0.466 e. The van der Waals surface area contributed by atoms with Crippen LogP contribution in [0.2, 0.25) is 0 Å². The van der Waals surface area contributed by atoms with Gasteiger partial charge >= 0.3 is 11.9 Å². The van der Waals surface area contributed by atoms with E-state index in [9.17, 15) is 14.9 Å². The number of benzene rings is 4. The lowest BCUT2D eigenvalue weighted by molar-refractivity contribution is -0.139. The second-order valence-electron chi connectivity index (χ2n) is 8.91. The number of nitriles is 1. The van der Waals surface area contributed by atoms with Gasteiger partial charge in [-0.05, 0) is 39.6 Å². The van der Waals surface area contributed by atoms with E-state index in [0.717, 1.165) is 21.9 Å². The van der Waals surface area contributed by atoms with Crippen LogP contribution in [-0.4, -0.2) is 26.2 Å². The second-order valence-corrected chi connectivity index (χ2v) is 8.91. The van der Waals surface area contributed by atoms with Gasteiger partial charge < -0.3 is 15.2 Å². The second kappa shape index (κ2) is 10.6. The molecular weight excluding hydrogens is 490 g/mol. The van der Waals surface area contributed by atoms with Crippen molar-refractivity contribution in [2.45, 2.75) is 5.92 Å². The summed E-state index contributed by atoms with van der Waals surface area (Å²) in [6, 6.07) is 32.6. The third kappa shape index (κ3) is 4.38. The molecule has 2 N–H and O–H groups in total. The summed E-state index contributed by atoms with van der Waals surface area (Å²) in [7, 11) is 2.46. The summed E-state index contributed by atoms with van der Waals surface area (Å²) < 4.78 is 10.2. The predicted molar refractivity (Wildman–Crippen MR) is 149 cm³/mol.